The van der Waals surface area contributed by atoms with Gasteiger partial charge in [-0.05, 0) is 24.3 Å². The maximum atomic E-state index is 11.2. The average Bonchev–Trinajstić information content (AvgIpc) is 2.46. The number of aliphatic carboxylic acids is 1. The largest absolute Gasteiger partial charge is 0.489 e. The predicted molar refractivity (Wildman–Crippen MR) is 72.6 cm³/mol. The number of carbonyl (C=O) groups is 1. The van der Waals surface area contributed by atoms with Gasteiger partial charge in [0.15, 0.2) is 0 Å². The van der Waals surface area contributed by atoms with Crippen LogP contribution >= 0.6 is 0 Å². The first-order valence-electron chi connectivity index (χ1n) is 5.94. The van der Waals surface area contributed by atoms with Gasteiger partial charge in [0.05, 0.1) is 5.69 Å². The molecule has 6 heteroatoms. The van der Waals surface area contributed by atoms with E-state index in [0.717, 1.165) is 0 Å². The highest BCUT2D eigenvalue weighted by atomic mass is 16.6. The molecule has 20 heavy (non-hydrogen) atoms. The number of nitrogens with zero attached hydrogens (tertiary/aromatic N) is 1. The molecule has 1 heterocycles. The predicted octanol–water partition coefficient (Wildman–Crippen LogP) is 1.57. The summed E-state index contributed by atoms with van der Waals surface area (Å²) in [4.78, 5) is 15.1. The van der Waals surface area contributed by atoms with Crippen LogP contribution in [-0.2, 0) is 4.79 Å². The molecular formula is C14H14N2O4. The van der Waals surface area contributed by atoms with Crippen LogP contribution in [0.25, 0.3) is 0 Å². The molecule has 3 N–H and O–H groups in total. The molecule has 0 amide bonds. The smallest absolute Gasteiger partial charge is 0.348 e. The van der Waals surface area contributed by atoms with Gasteiger partial charge < -0.3 is 20.3 Å². The number of carboxylic acids is 1. The van der Waals surface area contributed by atoms with Crippen LogP contribution in [0.15, 0.2) is 48.7 Å². The number of benzene rings is 1. The second-order valence-corrected chi connectivity index (χ2v) is 3.97. The molecule has 0 radical (unpaired) electrons. The standard InChI is InChI=1S/C14H14N2O4/c15-11-7-4-8-16-13(11)20-12(14(17)18)9-19-10-5-2-1-3-6-10/h1-8,12H,9,15H2,(H,17,18). The molecular weight excluding hydrogens is 260 g/mol. The third kappa shape index (κ3) is 3.61. The molecule has 1 aromatic heterocycles. The van der Waals surface area contributed by atoms with Gasteiger partial charge >= 0.3 is 5.97 Å². The van der Waals surface area contributed by atoms with E-state index in [1.165, 1.54) is 6.20 Å². The van der Waals surface area contributed by atoms with E-state index >= 15 is 0 Å². The van der Waals surface area contributed by atoms with E-state index in [2.05, 4.69) is 4.98 Å². The van der Waals surface area contributed by atoms with E-state index in [1.807, 2.05) is 6.07 Å². The van der Waals surface area contributed by atoms with Crippen molar-refractivity contribution in [1.82, 2.24) is 4.98 Å². The Labute approximate surface area is 115 Å². The van der Waals surface area contributed by atoms with Crippen molar-refractivity contribution in [3.63, 3.8) is 0 Å². The van der Waals surface area contributed by atoms with Crippen LogP contribution < -0.4 is 15.2 Å². The lowest BCUT2D eigenvalue weighted by molar-refractivity contribution is -0.146. The molecule has 0 aliphatic rings. The minimum atomic E-state index is -1.19. The number of anilines is 1. The summed E-state index contributed by atoms with van der Waals surface area (Å²) in [6.45, 7) is -0.143. The number of nitrogen functional groups attached to an aromatic ring is 1. The van der Waals surface area contributed by atoms with E-state index in [9.17, 15) is 4.79 Å². The third-order valence-corrected chi connectivity index (χ3v) is 2.47. The highest BCUT2D eigenvalue weighted by Crippen LogP contribution is 2.18. The van der Waals surface area contributed by atoms with E-state index < -0.39 is 12.1 Å². The Morgan fingerprint density at radius 2 is 2.00 bits per heavy atom. The van der Waals surface area contributed by atoms with Gasteiger partial charge in [-0.1, -0.05) is 18.2 Å². The fraction of sp³-hybridized carbons (Fsp3) is 0.143. The molecule has 0 aliphatic heterocycles. The summed E-state index contributed by atoms with van der Waals surface area (Å²) in [6, 6.07) is 12.1. The molecule has 0 saturated heterocycles. The molecule has 0 aliphatic carbocycles. The lowest BCUT2D eigenvalue weighted by Gasteiger charge is -2.16. The van der Waals surface area contributed by atoms with Gasteiger partial charge in [0.1, 0.15) is 12.4 Å². The molecule has 2 aromatic rings. The van der Waals surface area contributed by atoms with E-state index in [4.69, 9.17) is 20.3 Å². The van der Waals surface area contributed by atoms with Crippen LogP contribution in [0.2, 0.25) is 0 Å². The number of ether oxygens (including phenoxy) is 2. The van der Waals surface area contributed by atoms with Crippen molar-refractivity contribution in [1.29, 1.82) is 0 Å². The number of rotatable bonds is 6. The van der Waals surface area contributed by atoms with Crippen molar-refractivity contribution in [3.8, 4) is 11.6 Å². The molecule has 0 fully saturated rings. The monoisotopic (exact) mass is 274 g/mol. The molecule has 1 aromatic carbocycles. The van der Waals surface area contributed by atoms with Gasteiger partial charge in [-0.15, -0.1) is 0 Å². The number of para-hydroxylation sites is 1. The quantitative estimate of drug-likeness (QED) is 0.830. The summed E-state index contributed by atoms with van der Waals surface area (Å²) in [5.74, 6) is -0.501. The SMILES string of the molecule is Nc1cccnc1OC(COc1ccccc1)C(=O)O. The molecule has 1 unspecified atom stereocenters. The maximum absolute atomic E-state index is 11.2. The topological polar surface area (TPSA) is 94.7 Å². The highest BCUT2D eigenvalue weighted by Gasteiger charge is 2.22. The second kappa shape index (κ2) is 6.42. The zero-order valence-corrected chi connectivity index (χ0v) is 10.6. The third-order valence-electron chi connectivity index (χ3n) is 2.47. The molecule has 0 saturated carbocycles. The lowest BCUT2D eigenvalue weighted by Crippen LogP contribution is -2.33. The highest BCUT2D eigenvalue weighted by molar-refractivity contribution is 5.73. The zero-order chi connectivity index (χ0) is 14.4. The Balaban J connectivity index is 2.01. The van der Waals surface area contributed by atoms with E-state index in [-0.39, 0.29) is 18.2 Å². The molecule has 2 rings (SSSR count). The Morgan fingerprint density at radius 1 is 1.25 bits per heavy atom. The van der Waals surface area contributed by atoms with Crippen molar-refractivity contribution in [2.24, 2.45) is 0 Å². The summed E-state index contributed by atoms with van der Waals surface area (Å²) < 4.78 is 10.6. The van der Waals surface area contributed by atoms with Crippen LogP contribution in [0.3, 0.4) is 0 Å². The number of aromatic nitrogens is 1. The lowest BCUT2D eigenvalue weighted by atomic mass is 10.3. The first kappa shape index (κ1) is 13.7. The van der Waals surface area contributed by atoms with Gasteiger partial charge in [-0.25, -0.2) is 9.78 Å². The van der Waals surface area contributed by atoms with Crippen molar-refractivity contribution in [3.05, 3.63) is 48.7 Å². The minimum Gasteiger partial charge on any atom is -0.489 e. The van der Waals surface area contributed by atoms with Crippen molar-refractivity contribution in [2.45, 2.75) is 6.10 Å². The maximum Gasteiger partial charge on any atom is 0.348 e. The summed E-state index contributed by atoms with van der Waals surface area (Å²) in [6.07, 6.45) is 0.287. The minimum absolute atomic E-state index is 0.0801. The van der Waals surface area contributed by atoms with Crippen molar-refractivity contribution >= 4 is 11.7 Å². The summed E-state index contributed by atoms with van der Waals surface area (Å²) >= 11 is 0. The number of hydrogen-bond donors (Lipinski definition) is 2. The Morgan fingerprint density at radius 3 is 2.65 bits per heavy atom. The van der Waals surface area contributed by atoms with Gasteiger partial charge in [0.2, 0.25) is 12.0 Å². The molecule has 0 bridgehead atoms. The van der Waals surface area contributed by atoms with Gasteiger partial charge in [0.25, 0.3) is 0 Å². The molecule has 104 valence electrons. The first-order chi connectivity index (χ1) is 9.66. The number of carboxylic acid groups (broad SMARTS) is 1. The average molecular weight is 274 g/mol. The fourth-order valence-corrected chi connectivity index (χ4v) is 1.48. The number of hydrogen-bond acceptors (Lipinski definition) is 5. The Kier molecular flexibility index (Phi) is 4.39. The zero-order valence-electron chi connectivity index (χ0n) is 10.6. The van der Waals surface area contributed by atoms with Crippen LogP contribution in [0, 0.1) is 0 Å². The number of pyridine rings is 1. The summed E-state index contributed by atoms with van der Waals surface area (Å²) in [7, 11) is 0. The van der Waals surface area contributed by atoms with Crippen LogP contribution in [0.4, 0.5) is 5.69 Å². The molecule has 1 atom stereocenters. The van der Waals surface area contributed by atoms with E-state index in [0.29, 0.717) is 5.75 Å². The van der Waals surface area contributed by atoms with Gasteiger partial charge in [0, 0.05) is 6.20 Å². The molecule has 6 nitrogen and oxygen atoms in total. The fourth-order valence-electron chi connectivity index (χ4n) is 1.48. The summed E-state index contributed by atoms with van der Waals surface area (Å²) in [5.41, 5.74) is 5.93. The molecule has 0 spiro atoms. The second-order valence-electron chi connectivity index (χ2n) is 3.97. The van der Waals surface area contributed by atoms with Crippen LogP contribution in [0.5, 0.6) is 11.6 Å². The Hall–Kier alpha value is -2.76. The van der Waals surface area contributed by atoms with Crippen molar-refractivity contribution in [2.75, 3.05) is 12.3 Å². The van der Waals surface area contributed by atoms with Gasteiger partial charge in [-0.3, -0.25) is 0 Å². The normalized spacial score (nSPS) is 11.6. The number of nitrogens with two attached hydrogens (primary N) is 1. The van der Waals surface area contributed by atoms with Crippen LogP contribution in [-0.4, -0.2) is 28.8 Å². The van der Waals surface area contributed by atoms with Crippen LogP contribution in [0.1, 0.15) is 0 Å². The van der Waals surface area contributed by atoms with Gasteiger partial charge in [-0.2, -0.15) is 0 Å². The van der Waals surface area contributed by atoms with E-state index in [1.54, 1.807) is 36.4 Å². The first-order valence-corrected chi connectivity index (χ1v) is 5.94. The Bertz CT molecular complexity index is 574. The summed E-state index contributed by atoms with van der Waals surface area (Å²) in [5, 5.41) is 9.13. The van der Waals surface area contributed by atoms with Crippen molar-refractivity contribution < 1.29 is 19.4 Å².